The van der Waals surface area contributed by atoms with Gasteiger partial charge < -0.3 is 15.5 Å². The predicted molar refractivity (Wildman–Crippen MR) is 113 cm³/mol. The zero-order valence-corrected chi connectivity index (χ0v) is 17.7. The van der Waals surface area contributed by atoms with Crippen molar-refractivity contribution < 1.29 is 13.2 Å². The average Bonchev–Trinajstić information content (AvgIpc) is 3.19. The highest BCUT2D eigenvalue weighted by molar-refractivity contribution is 7.89. The number of amides is 1. The number of nitrogens with one attached hydrogen (secondary N) is 2. The molecule has 1 aliphatic heterocycles. The van der Waals surface area contributed by atoms with E-state index >= 15 is 0 Å². The Morgan fingerprint density at radius 2 is 1.86 bits per heavy atom. The lowest BCUT2D eigenvalue weighted by Gasteiger charge is -2.26. The molecule has 2 fully saturated rings. The number of likely N-dealkylation sites (tertiary alicyclic amines) is 1. The van der Waals surface area contributed by atoms with Crippen LogP contribution in [0.25, 0.3) is 0 Å². The molecule has 4 N–H and O–H groups in total. The topological polar surface area (TPSA) is 117 Å². The number of nitrogens with two attached hydrogens (primary N) is 1. The lowest BCUT2D eigenvalue weighted by atomic mass is 9.88. The van der Waals surface area contributed by atoms with Crippen molar-refractivity contribution in [2.75, 3.05) is 20.1 Å². The van der Waals surface area contributed by atoms with Crippen molar-refractivity contribution in [3.63, 3.8) is 0 Å². The van der Waals surface area contributed by atoms with Gasteiger partial charge >= 0.3 is 0 Å². The monoisotopic (exact) mass is 421 g/mol. The Balaban J connectivity index is 1.47. The maximum Gasteiger partial charge on any atom is 0.238 e. The van der Waals surface area contributed by atoms with Gasteiger partial charge in [-0.15, -0.1) is 0 Å². The molecule has 1 atom stereocenters. The highest BCUT2D eigenvalue weighted by Crippen LogP contribution is 2.26. The normalized spacial score (nSPS) is 21.2. The molecule has 9 heteroatoms. The zero-order valence-electron chi connectivity index (χ0n) is 16.9. The molecule has 1 heterocycles. The summed E-state index contributed by atoms with van der Waals surface area (Å²) in [6.07, 6.45) is 6.55. The third-order valence-electron chi connectivity index (χ3n) is 5.73. The maximum absolute atomic E-state index is 12.7. The van der Waals surface area contributed by atoms with E-state index in [1.54, 1.807) is 19.2 Å². The van der Waals surface area contributed by atoms with Gasteiger partial charge in [-0.3, -0.25) is 9.79 Å². The van der Waals surface area contributed by atoms with Gasteiger partial charge in [-0.1, -0.05) is 31.4 Å². The van der Waals surface area contributed by atoms with Crippen LogP contribution in [0.1, 0.15) is 44.1 Å². The van der Waals surface area contributed by atoms with Crippen molar-refractivity contribution in [3.05, 3.63) is 29.8 Å². The summed E-state index contributed by atoms with van der Waals surface area (Å²) in [5.74, 6) is 1.18. The molecule has 1 aliphatic carbocycles. The molecule has 1 aromatic carbocycles. The highest BCUT2D eigenvalue weighted by Gasteiger charge is 2.31. The Hall–Kier alpha value is -2.13. The highest BCUT2D eigenvalue weighted by atomic mass is 32.2. The summed E-state index contributed by atoms with van der Waals surface area (Å²) >= 11 is 0. The van der Waals surface area contributed by atoms with Crippen molar-refractivity contribution in [2.45, 2.75) is 56.0 Å². The smallest absolute Gasteiger partial charge is 0.238 e. The summed E-state index contributed by atoms with van der Waals surface area (Å²) in [7, 11) is -1.97. The second-order valence-electron chi connectivity index (χ2n) is 7.86. The first-order chi connectivity index (χ1) is 13.9. The second kappa shape index (κ2) is 9.58. The number of hydrogen-bond acceptors (Lipinski definition) is 4. The van der Waals surface area contributed by atoms with Gasteiger partial charge in [0.25, 0.3) is 0 Å². The number of sulfonamides is 1. The fraction of sp³-hybridized carbons (Fsp3) is 0.600. The number of primary sulfonamides is 1. The first-order valence-electron chi connectivity index (χ1n) is 10.2. The number of nitrogens with zero attached hydrogens (tertiary/aromatic N) is 2. The molecule has 0 aromatic heterocycles. The molecule has 29 heavy (non-hydrogen) atoms. The molecule has 1 aromatic rings. The predicted octanol–water partition coefficient (Wildman–Crippen LogP) is 1.18. The van der Waals surface area contributed by atoms with Gasteiger partial charge in [0.05, 0.1) is 4.90 Å². The Morgan fingerprint density at radius 1 is 1.17 bits per heavy atom. The number of benzene rings is 1. The maximum atomic E-state index is 12.7. The standard InChI is InChI=1S/C20H31N5O3S/c1-22-20(23-13-15-7-9-18(10-8-15)29(21,27)28)24-17-11-12-25(14-17)19(26)16-5-3-2-4-6-16/h7-10,16-17H,2-6,11-14H2,1H3,(H2,21,27,28)(H2,22,23,24). The van der Waals surface area contributed by atoms with E-state index in [1.165, 1.54) is 31.4 Å². The average molecular weight is 422 g/mol. The summed E-state index contributed by atoms with van der Waals surface area (Å²) < 4.78 is 22.7. The molecular formula is C20H31N5O3S. The molecule has 0 spiro atoms. The van der Waals surface area contributed by atoms with Crippen molar-refractivity contribution in [3.8, 4) is 0 Å². The molecule has 1 amide bonds. The van der Waals surface area contributed by atoms with Crippen LogP contribution < -0.4 is 15.8 Å². The number of carbonyl (C=O) groups excluding carboxylic acids is 1. The van der Waals surface area contributed by atoms with Gasteiger partial charge in [0.1, 0.15) is 0 Å². The van der Waals surface area contributed by atoms with Gasteiger partial charge in [-0.2, -0.15) is 0 Å². The quantitative estimate of drug-likeness (QED) is 0.488. The molecule has 1 saturated heterocycles. The van der Waals surface area contributed by atoms with E-state index in [0.29, 0.717) is 25.0 Å². The third-order valence-corrected chi connectivity index (χ3v) is 6.66. The van der Waals surface area contributed by atoms with Gasteiger partial charge in [0.15, 0.2) is 5.96 Å². The second-order valence-corrected chi connectivity index (χ2v) is 9.43. The molecule has 0 bridgehead atoms. The molecular weight excluding hydrogens is 390 g/mol. The molecule has 1 unspecified atom stereocenters. The van der Waals surface area contributed by atoms with Crippen LogP contribution in [0.2, 0.25) is 0 Å². The van der Waals surface area contributed by atoms with Gasteiger partial charge in [0, 0.05) is 38.6 Å². The van der Waals surface area contributed by atoms with Crippen molar-refractivity contribution in [1.29, 1.82) is 0 Å². The van der Waals surface area contributed by atoms with Crippen molar-refractivity contribution >= 4 is 21.9 Å². The van der Waals surface area contributed by atoms with E-state index in [2.05, 4.69) is 15.6 Å². The third kappa shape index (κ3) is 5.93. The lowest BCUT2D eigenvalue weighted by molar-refractivity contribution is -0.135. The number of rotatable bonds is 5. The minimum Gasteiger partial charge on any atom is -0.352 e. The first-order valence-corrected chi connectivity index (χ1v) is 11.8. The van der Waals surface area contributed by atoms with Crippen molar-refractivity contribution in [1.82, 2.24) is 15.5 Å². The molecule has 160 valence electrons. The largest absolute Gasteiger partial charge is 0.352 e. The number of hydrogen-bond donors (Lipinski definition) is 3. The van der Waals surface area contributed by atoms with Gasteiger partial charge in [-0.25, -0.2) is 13.6 Å². The van der Waals surface area contributed by atoms with E-state index < -0.39 is 10.0 Å². The van der Waals surface area contributed by atoms with E-state index in [9.17, 15) is 13.2 Å². The Labute approximate surface area is 173 Å². The minimum atomic E-state index is -3.68. The zero-order chi connectivity index (χ0) is 20.9. The minimum absolute atomic E-state index is 0.0948. The molecule has 1 saturated carbocycles. The van der Waals surface area contributed by atoms with Crippen LogP contribution in [-0.2, 0) is 21.4 Å². The SMILES string of the molecule is CN=C(NCc1ccc(S(N)(=O)=O)cc1)NC1CCN(C(=O)C2CCCCC2)C1. The number of carbonyl (C=O) groups is 1. The summed E-state index contributed by atoms with van der Waals surface area (Å²) in [5.41, 5.74) is 0.917. The van der Waals surface area contributed by atoms with E-state index in [0.717, 1.165) is 31.4 Å². The molecule has 3 rings (SSSR count). The van der Waals surface area contributed by atoms with Crippen LogP contribution in [0, 0.1) is 5.92 Å². The number of aliphatic imine (C=N–C) groups is 1. The summed E-state index contributed by atoms with van der Waals surface area (Å²) in [4.78, 5) is 19.1. The van der Waals surface area contributed by atoms with Crippen LogP contribution in [0.3, 0.4) is 0 Å². The Bertz CT molecular complexity index is 832. The number of guanidine groups is 1. The van der Waals surface area contributed by atoms with E-state index in [4.69, 9.17) is 5.14 Å². The van der Waals surface area contributed by atoms with Crippen LogP contribution in [0.4, 0.5) is 0 Å². The first kappa shape index (κ1) is 21.6. The van der Waals surface area contributed by atoms with Crippen LogP contribution in [-0.4, -0.2) is 51.4 Å². The van der Waals surface area contributed by atoms with Crippen LogP contribution in [0.5, 0.6) is 0 Å². The van der Waals surface area contributed by atoms with Gasteiger partial charge in [-0.05, 0) is 37.0 Å². The van der Waals surface area contributed by atoms with E-state index in [1.807, 2.05) is 4.90 Å². The Kier molecular flexibility index (Phi) is 7.13. The molecule has 0 radical (unpaired) electrons. The van der Waals surface area contributed by atoms with Crippen LogP contribution >= 0.6 is 0 Å². The van der Waals surface area contributed by atoms with Gasteiger partial charge in [0.2, 0.25) is 15.9 Å². The summed E-state index contributed by atoms with van der Waals surface area (Å²) in [6.45, 7) is 2.00. The molecule has 2 aliphatic rings. The summed E-state index contributed by atoms with van der Waals surface area (Å²) in [6, 6.07) is 6.61. The molecule has 8 nitrogen and oxygen atoms in total. The Morgan fingerprint density at radius 3 is 2.48 bits per heavy atom. The summed E-state index contributed by atoms with van der Waals surface area (Å²) in [5, 5.41) is 11.7. The van der Waals surface area contributed by atoms with Crippen molar-refractivity contribution in [2.24, 2.45) is 16.0 Å². The van der Waals surface area contributed by atoms with E-state index in [-0.39, 0.29) is 16.9 Å². The fourth-order valence-electron chi connectivity index (χ4n) is 4.06. The van der Waals surface area contributed by atoms with Crippen LogP contribution in [0.15, 0.2) is 34.2 Å². The lowest BCUT2D eigenvalue weighted by Crippen LogP contribution is -2.45. The fourth-order valence-corrected chi connectivity index (χ4v) is 4.57.